The van der Waals surface area contributed by atoms with Gasteiger partial charge in [0.25, 0.3) is 0 Å². The number of aryl methyl sites for hydroxylation is 1. The summed E-state index contributed by atoms with van der Waals surface area (Å²) < 4.78 is 1.01. The molecule has 0 radical (unpaired) electrons. The molecule has 0 aliphatic heterocycles. The third-order valence-corrected chi connectivity index (χ3v) is 3.81. The minimum atomic E-state index is 0.719. The molecule has 0 bridgehead atoms. The van der Waals surface area contributed by atoms with E-state index < -0.39 is 0 Å². The number of para-hydroxylation sites is 1. The molecule has 0 fully saturated rings. The topological polar surface area (TPSA) is 26.9 Å². The van der Waals surface area contributed by atoms with Gasteiger partial charge in [-0.3, -0.25) is 0 Å². The van der Waals surface area contributed by atoms with E-state index in [1.807, 2.05) is 55.5 Å². The zero-order chi connectivity index (χ0) is 11.8. The lowest BCUT2D eigenvalue weighted by Crippen LogP contribution is -2.29. The van der Waals surface area contributed by atoms with E-state index >= 15 is 0 Å². The van der Waals surface area contributed by atoms with Crippen LogP contribution in [0, 0.1) is 12.1 Å². The van der Waals surface area contributed by atoms with Crippen LogP contribution in [0.4, 0.5) is 0 Å². The van der Waals surface area contributed by atoms with Crippen molar-refractivity contribution in [3.05, 3.63) is 58.6 Å². The van der Waals surface area contributed by atoms with Gasteiger partial charge in [0.05, 0.1) is 0 Å². The Morgan fingerprint density at radius 1 is 1.00 bits per heavy atom. The first-order valence-electron chi connectivity index (χ1n) is 5.44. The molecule has 1 aromatic carbocycles. The summed E-state index contributed by atoms with van der Waals surface area (Å²) in [5.41, 5.74) is 1.44. The van der Waals surface area contributed by atoms with Gasteiger partial charge in [-0.15, -0.1) is 11.3 Å². The predicted octanol–water partition coefficient (Wildman–Crippen LogP) is 3.51. The molecular formula is C14H11NOS. The number of pyridine rings is 1. The molecule has 0 amide bonds. The molecule has 2 nitrogen and oxygen atoms in total. The highest BCUT2D eigenvalue weighted by Crippen LogP contribution is 2.26. The maximum Gasteiger partial charge on any atom is 0.234 e. The van der Waals surface area contributed by atoms with Gasteiger partial charge in [-0.25, -0.2) is 0 Å². The maximum absolute atomic E-state index is 12.3. The zero-order valence-electron chi connectivity index (χ0n) is 9.38. The molecule has 2 aromatic heterocycles. The van der Waals surface area contributed by atoms with E-state index in [1.54, 1.807) is 11.3 Å². The molecule has 3 aromatic rings. The van der Waals surface area contributed by atoms with Gasteiger partial charge >= 0.3 is 0 Å². The van der Waals surface area contributed by atoms with Crippen molar-refractivity contribution in [1.82, 2.24) is 0 Å². The fourth-order valence-electron chi connectivity index (χ4n) is 1.93. The van der Waals surface area contributed by atoms with Gasteiger partial charge in [0.1, 0.15) is 4.88 Å². The van der Waals surface area contributed by atoms with Gasteiger partial charge in [0.15, 0.2) is 0 Å². The summed E-state index contributed by atoms with van der Waals surface area (Å²) in [6, 6.07) is 15.6. The third-order valence-electron chi connectivity index (χ3n) is 2.79. The fraction of sp³-hybridized carbons (Fsp3) is 0.0714. The van der Waals surface area contributed by atoms with Gasteiger partial charge in [-0.1, -0.05) is 12.1 Å². The largest absolute Gasteiger partial charge is 0.618 e. The SMILES string of the molecule is Cc1ccc(-c2ccc3ccccc3[n+]2[O-])s1. The molecule has 0 atom stereocenters. The van der Waals surface area contributed by atoms with E-state index in [0.29, 0.717) is 0 Å². The van der Waals surface area contributed by atoms with Crippen molar-refractivity contribution in [3.63, 3.8) is 0 Å². The number of benzene rings is 1. The van der Waals surface area contributed by atoms with Crippen LogP contribution < -0.4 is 4.73 Å². The predicted molar refractivity (Wildman–Crippen MR) is 71.0 cm³/mol. The summed E-state index contributed by atoms with van der Waals surface area (Å²) in [6.45, 7) is 2.05. The number of hydrogen-bond donors (Lipinski definition) is 0. The molecule has 3 heteroatoms. The standard InChI is InChI=1S/C14H11NOS/c1-10-6-9-14(17-10)13-8-7-11-4-2-3-5-12(11)15(13)16/h2-9H,1H3. The number of thiophene rings is 1. The first-order valence-corrected chi connectivity index (χ1v) is 6.25. The van der Waals surface area contributed by atoms with Crippen molar-refractivity contribution < 1.29 is 4.73 Å². The highest BCUT2D eigenvalue weighted by molar-refractivity contribution is 7.15. The monoisotopic (exact) mass is 241 g/mol. The molecule has 0 saturated carbocycles. The van der Waals surface area contributed by atoms with Gasteiger partial charge in [-0.2, -0.15) is 4.73 Å². The Labute approximate surface area is 103 Å². The van der Waals surface area contributed by atoms with Crippen LogP contribution in [0.2, 0.25) is 0 Å². The summed E-state index contributed by atoms with van der Waals surface area (Å²) in [4.78, 5) is 2.23. The minimum absolute atomic E-state index is 0.719. The van der Waals surface area contributed by atoms with Gasteiger partial charge < -0.3 is 5.21 Å². The normalized spacial score (nSPS) is 10.9. The lowest BCUT2D eigenvalue weighted by Gasteiger charge is -2.05. The number of nitrogens with zero attached hydrogens (tertiary/aromatic N) is 1. The first kappa shape index (κ1) is 10.3. The van der Waals surface area contributed by atoms with E-state index in [4.69, 9.17) is 0 Å². The van der Waals surface area contributed by atoms with E-state index in [-0.39, 0.29) is 0 Å². The number of hydrogen-bond acceptors (Lipinski definition) is 2. The molecule has 0 aliphatic carbocycles. The molecule has 84 valence electrons. The molecule has 0 saturated heterocycles. The zero-order valence-corrected chi connectivity index (χ0v) is 10.2. The molecule has 3 rings (SSSR count). The molecule has 0 unspecified atom stereocenters. The summed E-state index contributed by atoms with van der Waals surface area (Å²) >= 11 is 1.64. The van der Waals surface area contributed by atoms with Gasteiger partial charge in [0.2, 0.25) is 11.2 Å². The Morgan fingerprint density at radius 2 is 1.82 bits per heavy atom. The van der Waals surface area contributed by atoms with Crippen LogP contribution in [0.5, 0.6) is 0 Å². The lowest BCUT2D eigenvalue weighted by atomic mass is 10.2. The first-order chi connectivity index (χ1) is 8.25. The van der Waals surface area contributed by atoms with Crippen LogP contribution in [-0.2, 0) is 0 Å². The second-order valence-corrected chi connectivity index (χ2v) is 5.27. The van der Waals surface area contributed by atoms with E-state index in [1.165, 1.54) is 4.88 Å². The minimum Gasteiger partial charge on any atom is -0.618 e. The van der Waals surface area contributed by atoms with Crippen molar-refractivity contribution in [3.8, 4) is 10.6 Å². The Bertz CT molecular complexity index is 688. The van der Waals surface area contributed by atoms with Crippen LogP contribution >= 0.6 is 11.3 Å². The highest BCUT2D eigenvalue weighted by Gasteiger charge is 2.13. The molecule has 0 spiro atoms. The lowest BCUT2D eigenvalue weighted by molar-refractivity contribution is -0.564. The van der Waals surface area contributed by atoms with Crippen LogP contribution in [0.3, 0.4) is 0 Å². The molecule has 17 heavy (non-hydrogen) atoms. The Morgan fingerprint density at radius 3 is 2.59 bits per heavy atom. The quantitative estimate of drug-likeness (QED) is 0.473. The molecule has 0 N–H and O–H groups in total. The molecule has 2 heterocycles. The second-order valence-electron chi connectivity index (χ2n) is 3.98. The highest BCUT2D eigenvalue weighted by atomic mass is 32.1. The van der Waals surface area contributed by atoms with Gasteiger partial charge in [0, 0.05) is 22.4 Å². The van der Waals surface area contributed by atoms with Crippen LogP contribution in [0.15, 0.2) is 48.5 Å². The average molecular weight is 241 g/mol. The number of rotatable bonds is 1. The van der Waals surface area contributed by atoms with Crippen molar-refractivity contribution in [2.45, 2.75) is 6.92 Å². The van der Waals surface area contributed by atoms with Crippen molar-refractivity contribution >= 4 is 22.2 Å². The smallest absolute Gasteiger partial charge is 0.234 e. The maximum atomic E-state index is 12.3. The summed E-state index contributed by atoms with van der Waals surface area (Å²) in [5.74, 6) is 0. The van der Waals surface area contributed by atoms with Crippen LogP contribution in [0.25, 0.3) is 21.5 Å². The van der Waals surface area contributed by atoms with Crippen molar-refractivity contribution in [2.75, 3.05) is 0 Å². The van der Waals surface area contributed by atoms with Crippen LogP contribution in [0.1, 0.15) is 4.88 Å². The summed E-state index contributed by atoms with van der Waals surface area (Å²) in [7, 11) is 0. The van der Waals surface area contributed by atoms with Crippen molar-refractivity contribution in [2.24, 2.45) is 0 Å². The van der Waals surface area contributed by atoms with E-state index in [9.17, 15) is 5.21 Å². The number of aromatic nitrogens is 1. The molecule has 0 aliphatic rings. The summed E-state index contributed by atoms with van der Waals surface area (Å²) in [6.07, 6.45) is 0. The Hall–Kier alpha value is -1.87. The third kappa shape index (κ3) is 1.68. The van der Waals surface area contributed by atoms with Crippen LogP contribution in [-0.4, -0.2) is 0 Å². The fourth-order valence-corrected chi connectivity index (χ4v) is 2.81. The Kier molecular flexibility index (Phi) is 2.34. The Balaban J connectivity index is 2.28. The summed E-state index contributed by atoms with van der Waals surface area (Å²) in [5, 5.41) is 13.2. The van der Waals surface area contributed by atoms with E-state index in [0.717, 1.165) is 26.2 Å². The van der Waals surface area contributed by atoms with Crippen molar-refractivity contribution in [1.29, 1.82) is 0 Å². The number of fused-ring (bicyclic) bond motifs is 1. The van der Waals surface area contributed by atoms with E-state index in [2.05, 4.69) is 0 Å². The van der Waals surface area contributed by atoms with Gasteiger partial charge in [-0.05, 0) is 31.2 Å². The second kappa shape index (κ2) is 3.86. The molecular weight excluding hydrogens is 230 g/mol. The average Bonchev–Trinajstić information content (AvgIpc) is 2.77.